The van der Waals surface area contributed by atoms with E-state index in [1.807, 2.05) is 51.1 Å². The molecule has 3 aliphatic rings. The number of aliphatic hydroxyl groups is 1. The molecular formula is C49H74N8O11. The van der Waals surface area contributed by atoms with Gasteiger partial charge in [0.05, 0.1) is 42.5 Å². The second-order valence-electron chi connectivity index (χ2n) is 19.5. The zero-order valence-corrected chi connectivity index (χ0v) is 41.9. The molecule has 1 amide bonds. The number of carbonyl (C=O) groups is 4. The van der Waals surface area contributed by atoms with Crippen LogP contribution in [-0.2, 0) is 55.8 Å². The molecule has 0 radical (unpaired) electrons. The minimum absolute atomic E-state index is 0.112. The Bertz CT molecular complexity index is 2200. The Morgan fingerprint density at radius 1 is 1.04 bits per heavy atom. The summed E-state index contributed by atoms with van der Waals surface area (Å²) in [5, 5.41) is 14.9. The van der Waals surface area contributed by atoms with Gasteiger partial charge < -0.3 is 53.2 Å². The lowest BCUT2D eigenvalue weighted by Crippen LogP contribution is -2.61. The molecule has 0 bridgehead atoms. The van der Waals surface area contributed by atoms with E-state index in [9.17, 15) is 19.5 Å². The molecule has 0 unspecified atom stereocenters. The van der Waals surface area contributed by atoms with Crippen LogP contribution in [0, 0.1) is 23.7 Å². The summed E-state index contributed by atoms with van der Waals surface area (Å²) in [6.45, 7) is 17.9. The number of anilines is 1. The van der Waals surface area contributed by atoms with Gasteiger partial charge in [-0.15, -0.1) is 0 Å². The van der Waals surface area contributed by atoms with Gasteiger partial charge in [-0.1, -0.05) is 40.7 Å². The molecule has 6 heterocycles. The molecule has 6 rings (SSSR count). The van der Waals surface area contributed by atoms with Crippen LogP contribution in [0.2, 0.25) is 0 Å². The number of fused-ring (bicyclic) bond motifs is 2. The number of aliphatic hydroxyl groups excluding tert-OH is 1. The molecule has 3 aromatic rings. The molecule has 3 saturated heterocycles. The summed E-state index contributed by atoms with van der Waals surface area (Å²) in [6, 6.07) is 2.34. The third-order valence-electron chi connectivity index (χ3n) is 14.8. The Balaban J connectivity index is 1.36. The highest BCUT2D eigenvalue weighted by molar-refractivity contribution is 5.85. The molecule has 0 spiro atoms. The number of ether oxygens (including phenoxy) is 6. The molecule has 3 fully saturated rings. The molecule has 19 nitrogen and oxygen atoms in total. The number of pyridine rings is 1. The van der Waals surface area contributed by atoms with E-state index in [0.717, 1.165) is 0 Å². The summed E-state index contributed by atoms with van der Waals surface area (Å²) in [5.41, 5.74) is -0.818. The first kappa shape index (κ1) is 52.5. The molecule has 14 atom stereocenters. The molecule has 3 aliphatic heterocycles. The van der Waals surface area contributed by atoms with Crippen LogP contribution in [0.3, 0.4) is 0 Å². The number of aromatic nitrogens is 5. The number of unbranched alkanes of at least 4 members (excludes halogenated alkanes) is 1. The van der Waals surface area contributed by atoms with Gasteiger partial charge in [-0.05, 0) is 85.0 Å². The quantitative estimate of drug-likeness (QED) is 0.113. The van der Waals surface area contributed by atoms with Crippen LogP contribution in [0.1, 0.15) is 100.0 Å². The Kier molecular flexibility index (Phi) is 17.2. The fraction of sp³-hybridized carbons (Fsp3) is 0.714. The number of rotatable bonds is 15. The lowest BCUT2D eigenvalue weighted by Gasteiger charge is -2.48. The van der Waals surface area contributed by atoms with E-state index in [0.29, 0.717) is 54.9 Å². The number of likely N-dealkylation sites (N-methyl/N-ethyl adjacent to an activating group) is 1. The normalized spacial score (nSPS) is 34.0. The maximum atomic E-state index is 15.1. The molecule has 0 saturated carbocycles. The minimum atomic E-state index is -1.46. The third-order valence-corrected chi connectivity index (χ3v) is 14.8. The largest absolute Gasteiger partial charge is 0.461 e. The third kappa shape index (κ3) is 11.0. The highest BCUT2D eigenvalue weighted by atomic mass is 16.7. The number of esters is 2. The highest BCUT2D eigenvalue weighted by Gasteiger charge is 2.60. The van der Waals surface area contributed by atoms with E-state index >= 15 is 4.79 Å². The summed E-state index contributed by atoms with van der Waals surface area (Å²) in [5.74, 6) is -4.25. The van der Waals surface area contributed by atoms with E-state index in [1.54, 1.807) is 70.5 Å². The second kappa shape index (κ2) is 22.3. The fourth-order valence-corrected chi connectivity index (χ4v) is 10.9. The predicted molar refractivity (Wildman–Crippen MR) is 251 cm³/mol. The van der Waals surface area contributed by atoms with Crippen molar-refractivity contribution in [2.24, 2.45) is 23.7 Å². The SMILES string of the molecule is CC[C@H]1OC(=O)[C@H](C)[C@@H](OC(=O)Cc2cccnc2)[C@H](C)[C@@H](O[C@H]2O[C@@H](C)C[C@@H](N(C)CC)[C@@H]2O)[C@](C)(OC)C[C@@H](C)C(=O)[C@H](C)[C@H]2N(CCCCn3cnc4c(NC)ncnc43)C(=O)O[C@]12C. The Morgan fingerprint density at radius 3 is 2.44 bits per heavy atom. The van der Waals surface area contributed by atoms with Crippen LogP contribution < -0.4 is 5.32 Å². The van der Waals surface area contributed by atoms with Crippen LogP contribution in [-0.4, -0.2) is 158 Å². The molecule has 68 heavy (non-hydrogen) atoms. The zero-order valence-electron chi connectivity index (χ0n) is 41.9. The van der Waals surface area contributed by atoms with Crippen LogP contribution in [0.15, 0.2) is 37.2 Å². The standard InChI is InChI=1S/C49H74N8O11/c1-13-35-49(9)41(57(47(62)68-49)21-16-15-20-56-27-54-37-43(50-10)52-26-53-44(37)56)30(5)38(59)28(3)24-48(8,63-12)42(67-46-39(60)34(55(11)14-2)22-29(4)64-46)31(6)40(32(7)45(61)65-35)66-36(58)23-33-18-17-19-51-25-33/h17-19,25-32,34-35,39-42,46,60H,13-16,20-24H2,1-12H3,(H,50,52,53)/t28-,29+,30+,31+,32-,34-,35-,39+,40+,41-,42-,46-,48-,49-/m1/s1. The number of methoxy groups -OCH3 is 1. The van der Waals surface area contributed by atoms with Crippen molar-refractivity contribution in [1.82, 2.24) is 34.3 Å². The summed E-state index contributed by atoms with van der Waals surface area (Å²) in [4.78, 5) is 78.9. The van der Waals surface area contributed by atoms with Gasteiger partial charge in [-0.2, -0.15) is 0 Å². The summed E-state index contributed by atoms with van der Waals surface area (Å²) >= 11 is 0. The van der Waals surface area contributed by atoms with Gasteiger partial charge in [0, 0.05) is 63.4 Å². The fourth-order valence-electron chi connectivity index (χ4n) is 10.9. The lowest BCUT2D eigenvalue weighted by molar-refractivity contribution is -0.302. The number of nitrogens with one attached hydrogen (secondary N) is 1. The molecular weight excluding hydrogens is 877 g/mol. The Morgan fingerprint density at radius 2 is 1.78 bits per heavy atom. The first-order valence-electron chi connectivity index (χ1n) is 24.2. The smallest absolute Gasteiger partial charge is 0.410 e. The van der Waals surface area contributed by atoms with Gasteiger partial charge in [0.25, 0.3) is 0 Å². The number of carbonyl (C=O) groups excluding carboxylic acids is 4. The molecule has 0 aromatic carbocycles. The number of amides is 1. The van der Waals surface area contributed by atoms with Crippen molar-refractivity contribution in [2.45, 2.75) is 167 Å². The number of hydrogen-bond donors (Lipinski definition) is 2. The minimum Gasteiger partial charge on any atom is -0.461 e. The number of Topliss-reactive ketones (excluding diaryl/α,β-unsaturated/α-hetero) is 1. The van der Waals surface area contributed by atoms with E-state index in [1.165, 1.54) is 13.4 Å². The summed E-state index contributed by atoms with van der Waals surface area (Å²) < 4.78 is 40.7. The predicted octanol–water partition coefficient (Wildman–Crippen LogP) is 5.22. The maximum Gasteiger partial charge on any atom is 0.410 e. The number of hydrogen-bond acceptors (Lipinski definition) is 17. The van der Waals surface area contributed by atoms with Crippen molar-refractivity contribution in [3.05, 3.63) is 42.7 Å². The van der Waals surface area contributed by atoms with Crippen molar-refractivity contribution in [3.8, 4) is 0 Å². The second-order valence-corrected chi connectivity index (χ2v) is 19.5. The van der Waals surface area contributed by atoms with Gasteiger partial charge in [-0.3, -0.25) is 19.4 Å². The molecule has 2 N–H and O–H groups in total. The van der Waals surface area contributed by atoms with Gasteiger partial charge in [0.1, 0.15) is 35.9 Å². The Hall–Kier alpha value is -4.82. The average molecular weight is 951 g/mol. The van der Waals surface area contributed by atoms with Gasteiger partial charge >= 0.3 is 18.0 Å². The topological polar surface area (TPSA) is 219 Å². The first-order valence-corrected chi connectivity index (χ1v) is 24.2. The summed E-state index contributed by atoms with van der Waals surface area (Å²) in [6.07, 6.45) is 1.98. The highest BCUT2D eigenvalue weighted by Crippen LogP contribution is 2.44. The molecule has 3 aromatic heterocycles. The van der Waals surface area contributed by atoms with Crippen LogP contribution >= 0.6 is 0 Å². The van der Waals surface area contributed by atoms with E-state index in [-0.39, 0.29) is 43.7 Å². The number of ketones is 1. The van der Waals surface area contributed by atoms with Crippen molar-refractivity contribution >= 4 is 40.8 Å². The van der Waals surface area contributed by atoms with Crippen molar-refractivity contribution < 1.29 is 52.7 Å². The number of nitrogens with zero attached hydrogens (tertiary/aromatic N) is 7. The van der Waals surface area contributed by atoms with E-state index < -0.39 is 89.7 Å². The van der Waals surface area contributed by atoms with Crippen molar-refractivity contribution in [1.29, 1.82) is 0 Å². The van der Waals surface area contributed by atoms with Crippen LogP contribution in [0.5, 0.6) is 0 Å². The monoisotopic (exact) mass is 951 g/mol. The summed E-state index contributed by atoms with van der Waals surface area (Å²) in [7, 11) is 5.23. The lowest BCUT2D eigenvalue weighted by atomic mass is 9.73. The number of aryl methyl sites for hydroxylation is 1. The van der Waals surface area contributed by atoms with Crippen molar-refractivity contribution in [2.75, 3.05) is 39.6 Å². The van der Waals surface area contributed by atoms with Crippen molar-refractivity contribution in [3.63, 3.8) is 0 Å². The molecule has 0 aliphatic carbocycles. The Labute approximate surface area is 400 Å². The van der Waals surface area contributed by atoms with Gasteiger partial charge in [0.2, 0.25) is 0 Å². The van der Waals surface area contributed by atoms with Gasteiger partial charge in [0.15, 0.2) is 23.4 Å². The average Bonchev–Trinajstić information content (AvgIpc) is 3.86. The number of cyclic esters (lactones) is 1. The van der Waals surface area contributed by atoms with Crippen LogP contribution in [0.25, 0.3) is 11.2 Å². The van der Waals surface area contributed by atoms with Gasteiger partial charge in [-0.25, -0.2) is 19.7 Å². The van der Waals surface area contributed by atoms with E-state index in [2.05, 4.69) is 25.3 Å². The maximum absolute atomic E-state index is 15.1. The zero-order chi connectivity index (χ0) is 49.7. The van der Waals surface area contributed by atoms with Crippen LogP contribution in [0.4, 0.5) is 10.6 Å². The van der Waals surface area contributed by atoms with E-state index in [4.69, 9.17) is 28.4 Å². The molecule has 376 valence electrons. The number of imidazole rings is 1. The molecule has 19 heteroatoms. The first-order chi connectivity index (χ1) is 32.3.